The van der Waals surface area contributed by atoms with E-state index < -0.39 is 34.2 Å². The van der Waals surface area contributed by atoms with Crippen molar-refractivity contribution < 1.29 is 23.9 Å². The zero-order valence-corrected chi connectivity index (χ0v) is 12.0. The molecule has 0 amide bonds. The van der Waals surface area contributed by atoms with Crippen LogP contribution in [0.3, 0.4) is 0 Å². The molecule has 1 aliphatic heterocycles. The molecule has 2 fully saturated rings. The minimum absolute atomic E-state index is 0.298. The van der Waals surface area contributed by atoms with Crippen molar-refractivity contribution in [1.82, 2.24) is 0 Å². The number of rotatable bonds is 2. The van der Waals surface area contributed by atoms with E-state index in [1.165, 1.54) is 0 Å². The summed E-state index contributed by atoms with van der Waals surface area (Å²) in [7, 11) is 0. The predicted molar refractivity (Wildman–Crippen MR) is 65.9 cm³/mol. The Morgan fingerprint density at radius 3 is 2.26 bits per heavy atom. The van der Waals surface area contributed by atoms with Gasteiger partial charge in [0.1, 0.15) is 0 Å². The van der Waals surface area contributed by atoms with Gasteiger partial charge in [0.25, 0.3) is 0 Å². The second-order valence-corrected chi connectivity index (χ2v) is 6.49. The molecule has 106 valence electrons. The van der Waals surface area contributed by atoms with Crippen molar-refractivity contribution in [2.24, 2.45) is 16.2 Å². The molecule has 0 spiro atoms. The fraction of sp³-hybridized carbons (Fsp3) is 0.786. The summed E-state index contributed by atoms with van der Waals surface area (Å²) >= 11 is 0. The van der Waals surface area contributed by atoms with Crippen LogP contribution in [-0.4, -0.2) is 24.0 Å². The first-order valence-corrected chi connectivity index (χ1v) is 6.57. The Labute approximate surface area is 112 Å². The lowest BCUT2D eigenvalue weighted by atomic mass is 9.57. The third-order valence-corrected chi connectivity index (χ3v) is 5.12. The molecule has 1 heterocycles. The molecule has 5 nitrogen and oxygen atoms in total. The molecule has 0 aromatic carbocycles. The van der Waals surface area contributed by atoms with Crippen LogP contribution in [0.2, 0.25) is 0 Å². The summed E-state index contributed by atoms with van der Waals surface area (Å²) in [5, 5.41) is 0. The molecule has 2 bridgehead atoms. The number of carbonyl (C=O) groups is 3. The third kappa shape index (κ3) is 1.44. The van der Waals surface area contributed by atoms with Crippen molar-refractivity contribution in [2.45, 2.75) is 53.6 Å². The van der Waals surface area contributed by atoms with Crippen LogP contribution < -0.4 is 0 Å². The van der Waals surface area contributed by atoms with E-state index in [4.69, 9.17) is 9.47 Å². The molecule has 2 aliphatic rings. The minimum Gasteiger partial charge on any atom is -0.462 e. The van der Waals surface area contributed by atoms with Crippen LogP contribution in [0, 0.1) is 16.2 Å². The largest absolute Gasteiger partial charge is 0.462 e. The fourth-order valence-corrected chi connectivity index (χ4v) is 3.29. The molecule has 1 saturated carbocycles. The normalized spacial score (nSPS) is 36.3. The Morgan fingerprint density at radius 1 is 1.16 bits per heavy atom. The average Bonchev–Trinajstić information content (AvgIpc) is 2.40. The number of hydrogen-bond donors (Lipinski definition) is 0. The first kappa shape index (κ1) is 14.0. The maximum absolute atomic E-state index is 12.4. The van der Waals surface area contributed by atoms with Gasteiger partial charge in [0.05, 0.1) is 11.5 Å². The molecule has 2 atom stereocenters. The number of ether oxygens (including phenoxy) is 2. The molecule has 19 heavy (non-hydrogen) atoms. The molecule has 1 aliphatic carbocycles. The van der Waals surface area contributed by atoms with E-state index in [-0.39, 0.29) is 6.10 Å². The highest BCUT2D eigenvalue weighted by atomic mass is 16.6. The second-order valence-electron chi connectivity index (χ2n) is 6.49. The van der Waals surface area contributed by atoms with Gasteiger partial charge in [0.15, 0.2) is 5.41 Å². The fourth-order valence-electron chi connectivity index (χ4n) is 3.29. The van der Waals surface area contributed by atoms with Gasteiger partial charge < -0.3 is 9.47 Å². The van der Waals surface area contributed by atoms with Gasteiger partial charge in [-0.15, -0.1) is 0 Å². The lowest BCUT2D eigenvalue weighted by Gasteiger charge is -2.47. The first-order chi connectivity index (χ1) is 8.59. The highest BCUT2D eigenvalue weighted by molar-refractivity contribution is 6.09. The van der Waals surface area contributed by atoms with Crippen LogP contribution in [-0.2, 0) is 23.9 Å². The van der Waals surface area contributed by atoms with Crippen molar-refractivity contribution in [3.63, 3.8) is 0 Å². The number of fused-ring (bicyclic) bond motifs is 2. The quantitative estimate of drug-likeness (QED) is 0.564. The van der Waals surface area contributed by atoms with Gasteiger partial charge in [-0.1, -0.05) is 13.8 Å². The molecule has 0 N–H and O–H groups in total. The van der Waals surface area contributed by atoms with E-state index in [1.807, 2.05) is 0 Å². The molecule has 0 aromatic rings. The number of esters is 3. The minimum atomic E-state index is -1.36. The second kappa shape index (κ2) is 3.81. The van der Waals surface area contributed by atoms with Crippen molar-refractivity contribution >= 4 is 17.9 Å². The highest BCUT2D eigenvalue weighted by Gasteiger charge is 2.76. The lowest BCUT2D eigenvalue weighted by molar-refractivity contribution is -0.204. The molecule has 0 aromatic heterocycles. The smallest absolute Gasteiger partial charge is 0.331 e. The Balaban J connectivity index is 2.53. The van der Waals surface area contributed by atoms with Gasteiger partial charge in [0, 0.05) is 5.41 Å². The Kier molecular flexibility index (Phi) is 2.81. The molecule has 0 unspecified atom stereocenters. The van der Waals surface area contributed by atoms with Gasteiger partial charge in [0.2, 0.25) is 0 Å². The van der Waals surface area contributed by atoms with E-state index >= 15 is 0 Å². The first-order valence-electron chi connectivity index (χ1n) is 6.57. The van der Waals surface area contributed by atoms with E-state index in [2.05, 4.69) is 0 Å². The molecule has 5 heteroatoms. The summed E-state index contributed by atoms with van der Waals surface area (Å²) < 4.78 is 10.1. The van der Waals surface area contributed by atoms with Crippen LogP contribution in [0.5, 0.6) is 0 Å². The lowest BCUT2D eigenvalue weighted by Crippen LogP contribution is -2.60. The van der Waals surface area contributed by atoms with Crippen LogP contribution in [0.25, 0.3) is 0 Å². The summed E-state index contributed by atoms with van der Waals surface area (Å²) in [6, 6.07) is 0. The van der Waals surface area contributed by atoms with E-state index in [1.54, 1.807) is 34.6 Å². The van der Waals surface area contributed by atoms with Crippen LogP contribution in [0.1, 0.15) is 47.5 Å². The van der Waals surface area contributed by atoms with Crippen molar-refractivity contribution in [2.75, 3.05) is 0 Å². The summed E-state index contributed by atoms with van der Waals surface area (Å²) in [5.74, 6) is -1.87. The van der Waals surface area contributed by atoms with Gasteiger partial charge >= 0.3 is 17.9 Å². The molecule has 2 rings (SSSR count). The van der Waals surface area contributed by atoms with E-state index in [0.29, 0.717) is 12.8 Å². The van der Waals surface area contributed by atoms with Crippen molar-refractivity contribution in [3.8, 4) is 0 Å². The van der Waals surface area contributed by atoms with Crippen molar-refractivity contribution in [3.05, 3.63) is 0 Å². The summed E-state index contributed by atoms with van der Waals surface area (Å²) in [4.78, 5) is 36.6. The van der Waals surface area contributed by atoms with E-state index in [0.717, 1.165) is 0 Å². The Morgan fingerprint density at radius 2 is 1.74 bits per heavy atom. The maximum Gasteiger partial charge on any atom is 0.331 e. The standard InChI is InChI=1S/C14H20O5/c1-8(2)18-10(16)14-7-6-13(5,12(14,3)4)9(15)19-11(14)17/h8H,6-7H2,1-5H3/t13-,14+/m1/s1. The van der Waals surface area contributed by atoms with Gasteiger partial charge in [-0.3, -0.25) is 14.4 Å². The molecular weight excluding hydrogens is 248 g/mol. The van der Waals surface area contributed by atoms with Crippen LogP contribution in [0.15, 0.2) is 0 Å². The van der Waals surface area contributed by atoms with Crippen LogP contribution >= 0.6 is 0 Å². The number of cyclic esters (lactones) is 2. The van der Waals surface area contributed by atoms with E-state index in [9.17, 15) is 14.4 Å². The zero-order chi connectivity index (χ0) is 14.6. The van der Waals surface area contributed by atoms with Gasteiger partial charge in [-0.05, 0) is 33.6 Å². The summed E-state index contributed by atoms with van der Waals surface area (Å²) in [5.41, 5.74) is -2.99. The number of carbonyl (C=O) groups excluding carboxylic acids is 3. The zero-order valence-electron chi connectivity index (χ0n) is 12.0. The third-order valence-electron chi connectivity index (χ3n) is 5.12. The Hall–Kier alpha value is -1.39. The van der Waals surface area contributed by atoms with Crippen molar-refractivity contribution in [1.29, 1.82) is 0 Å². The highest BCUT2D eigenvalue weighted by Crippen LogP contribution is 2.66. The topological polar surface area (TPSA) is 69.7 Å². The molecule has 1 saturated heterocycles. The summed E-state index contributed by atoms with van der Waals surface area (Å²) in [6.45, 7) is 8.77. The maximum atomic E-state index is 12.4. The molecule has 0 radical (unpaired) electrons. The average molecular weight is 268 g/mol. The van der Waals surface area contributed by atoms with Gasteiger partial charge in [-0.2, -0.15) is 0 Å². The number of hydrogen-bond acceptors (Lipinski definition) is 5. The summed E-state index contributed by atoms with van der Waals surface area (Å²) in [6.07, 6.45) is 0.444. The SMILES string of the molecule is CC(C)OC(=O)[C@@]12CC[C@](C)(C(=O)OC1=O)C2(C)C. The Bertz CT molecular complexity index is 464. The molecular formula is C14H20O5. The van der Waals surface area contributed by atoms with Crippen LogP contribution in [0.4, 0.5) is 0 Å². The predicted octanol–water partition coefficient (Wildman–Crippen LogP) is 1.83. The monoisotopic (exact) mass is 268 g/mol. The van der Waals surface area contributed by atoms with Gasteiger partial charge in [-0.25, -0.2) is 0 Å².